The summed E-state index contributed by atoms with van der Waals surface area (Å²) < 4.78 is 18.3. The van der Waals surface area contributed by atoms with Crippen LogP contribution in [0, 0.1) is 0 Å². The van der Waals surface area contributed by atoms with Crippen LogP contribution in [0.2, 0.25) is 5.04 Å². The Kier molecular flexibility index (Phi) is 11.3. The van der Waals surface area contributed by atoms with Crippen molar-refractivity contribution in [3.63, 3.8) is 0 Å². The third-order valence-electron chi connectivity index (χ3n) is 9.95. The van der Waals surface area contributed by atoms with E-state index in [1.165, 1.54) is 10.4 Å². The Morgan fingerprint density at radius 3 is 1.76 bits per heavy atom. The molecule has 0 spiro atoms. The van der Waals surface area contributed by atoms with Crippen LogP contribution in [0.3, 0.4) is 0 Å². The molecule has 0 saturated heterocycles. The summed E-state index contributed by atoms with van der Waals surface area (Å²) in [5.74, 6) is 2.98. The molecular weight excluding hydrogens is 651 g/mol. The number of ether oxygens (including phenoxy) is 2. The molecule has 0 radical (unpaired) electrons. The number of hydrogen-bond acceptors (Lipinski definition) is 8. The lowest BCUT2D eigenvalue weighted by atomic mass is 9.93. The van der Waals surface area contributed by atoms with Crippen molar-refractivity contribution in [3.8, 4) is 11.5 Å². The highest BCUT2D eigenvalue weighted by Crippen LogP contribution is 2.40. The van der Waals surface area contributed by atoms with Crippen LogP contribution in [0.1, 0.15) is 57.6 Å². The number of methoxy groups -OCH3 is 2. The highest BCUT2D eigenvalue weighted by Gasteiger charge is 2.51. The zero-order valence-electron chi connectivity index (χ0n) is 30.5. The van der Waals surface area contributed by atoms with E-state index in [1.54, 1.807) is 20.5 Å². The molecular formula is C42H51N5O3Si. The Morgan fingerprint density at radius 2 is 1.27 bits per heavy atom. The van der Waals surface area contributed by atoms with Crippen LogP contribution >= 0.6 is 0 Å². The third kappa shape index (κ3) is 8.21. The predicted octanol–water partition coefficient (Wildman–Crippen LogP) is 7.58. The van der Waals surface area contributed by atoms with Crippen molar-refractivity contribution in [3.05, 3.63) is 127 Å². The molecule has 6 rings (SSSR count). The minimum atomic E-state index is -2.68. The van der Waals surface area contributed by atoms with Gasteiger partial charge in [-0.2, -0.15) is 0 Å². The molecule has 1 aromatic heterocycles. The average molecular weight is 702 g/mol. The summed E-state index contributed by atoms with van der Waals surface area (Å²) in [6.45, 7) is 8.22. The number of anilines is 3. The van der Waals surface area contributed by atoms with E-state index in [4.69, 9.17) is 24.6 Å². The minimum Gasteiger partial charge on any atom is -0.497 e. The van der Waals surface area contributed by atoms with Gasteiger partial charge in [-0.3, -0.25) is 0 Å². The largest absolute Gasteiger partial charge is 0.497 e. The highest BCUT2D eigenvalue weighted by molar-refractivity contribution is 6.99. The van der Waals surface area contributed by atoms with Crippen molar-refractivity contribution in [1.82, 2.24) is 9.97 Å². The molecule has 51 heavy (non-hydrogen) atoms. The van der Waals surface area contributed by atoms with Crippen molar-refractivity contribution in [2.75, 3.05) is 30.2 Å². The Hall–Kier alpha value is -4.86. The number of hydrogen-bond donors (Lipinski definition) is 2. The fourth-order valence-electron chi connectivity index (χ4n) is 7.38. The molecule has 3 N–H and O–H groups in total. The number of nitrogens with zero attached hydrogens (tertiary/aromatic N) is 3. The van der Waals surface area contributed by atoms with Crippen molar-refractivity contribution in [1.29, 1.82) is 0 Å². The van der Waals surface area contributed by atoms with Gasteiger partial charge in [0, 0.05) is 25.2 Å². The van der Waals surface area contributed by atoms with Gasteiger partial charge in [-0.25, -0.2) is 9.97 Å². The Labute approximate surface area is 304 Å². The van der Waals surface area contributed by atoms with Crippen LogP contribution in [-0.2, 0) is 17.5 Å². The van der Waals surface area contributed by atoms with Crippen molar-refractivity contribution in [2.24, 2.45) is 0 Å². The standard InChI is InChI=1S/C42H51N5O3Si/c1-42(2,3)51(37-15-8-6-9-16-37,38-17-10-7-11-18-38)50-36-14-12-13-33(27-36)46-40-39(43)41(45-30-44-40)47(28-31-19-23-34(48-4)24-20-31)29-32-21-25-35(49-5)26-22-32/h6-11,15-26,30,33,36H,12-14,27-29,43H2,1-5H3,(H,44,45,46). The minimum absolute atomic E-state index is 0.0840. The van der Waals surface area contributed by atoms with Crippen LogP contribution < -0.4 is 35.8 Å². The monoisotopic (exact) mass is 701 g/mol. The lowest BCUT2D eigenvalue weighted by Crippen LogP contribution is -2.68. The van der Waals surface area contributed by atoms with Crippen molar-refractivity contribution < 1.29 is 13.9 Å². The van der Waals surface area contributed by atoms with Gasteiger partial charge in [0.05, 0.1) is 14.2 Å². The van der Waals surface area contributed by atoms with Gasteiger partial charge in [-0.15, -0.1) is 0 Å². The zero-order valence-corrected chi connectivity index (χ0v) is 31.5. The molecule has 266 valence electrons. The molecule has 1 saturated carbocycles. The van der Waals surface area contributed by atoms with Gasteiger partial charge < -0.3 is 29.9 Å². The molecule has 0 bridgehead atoms. The van der Waals surface area contributed by atoms with Crippen molar-refractivity contribution >= 4 is 36.0 Å². The molecule has 1 aliphatic carbocycles. The summed E-state index contributed by atoms with van der Waals surface area (Å²) in [6, 6.07) is 38.1. The first kappa shape index (κ1) is 35.9. The summed E-state index contributed by atoms with van der Waals surface area (Å²) >= 11 is 0. The Bertz CT molecular complexity index is 1740. The van der Waals surface area contributed by atoms with Gasteiger partial charge in [-0.05, 0) is 76.5 Å². The van der Waals surface area contributed by atoms with Gasteiger partial charge in [-0.1, -0.05) is 106 Å². The second-order valence-electron chi connectivity index (χ2n) is 14.4. The molecule has 1 aliphatic rings. The third-order valence-corrected chi connectivity index (χ3v) is 15.0. The van der Waals surface area contributed by atoms with Crippen LogP contribution in [0.15, 0.2) is 116 Å². The maximum Gasteiger partial charge on any atom is 0.261 e. The first-order valence-electron chi connectivity index (χ1n) is 17.9. The summed E-state index contributed by atoms with van der Waals surface area (Å²) in [5.41, 5.74) is 9.72. The topological polar surface area (TPSA) is 94.8 Å². The first-order valence-corrected chi connectivity index (χ1v) is 19.8. The van der Waals surface area contributed by atoms with Crippen LogP contribution in [0.5, 0.6) is 11.5 Å². The zero-order chi connectivity index (χ0) is 35.8. The molecule has 1 fully saturated rings. The number of benzene rings is 4. The molecule has 9 heteroatoms. The summed E-state index contributed by atoms with van der Waals surface area (Å²) in [4.78, 5) is 11.6. The van der Waals surface area contributed by atoms with Crippen LogP contribution in [-0.4, -0.2) is 44.7 Å². The fraction of sp³-hybridized carbons (Fsp3) is 0.333. The Balaban J connectivity index is 1.26. The number of nitrogen functional groups attached to an aromatic ring is 1. The smallest absolute Gasteiger partial charge is 0.261 e. The summed E-state index contributed by atoms with van der Waals surface area (Å²) in [7, 11) is 0.675. The average Bonchev–Trinajstić information content (AvgIpc) is 3.15. The molecule has 0 amide bonds. The van der Waals surface area contributed by atoms with Gasteiger partial charge in [0.2, 0.25) is 0 Å². The lowest BCUT2D eigenvalue weighted by Gasteiger charge is -2.46. The maximum atomic E-state index is 7.55. The molecule has 0 aliphatic heterocycles. The molecule has 4 aromatic carbocycles. The number of aromatic nitrogens is 2. The van der Waals surface area contributed by atoms with Gasteiger partial charge in [0.1, 0.15) is 23.5 Å². The molecule has 5 aromatic rings. The number of nitrogens with one attached hydrogen (secondary N) is 1. The number of nitrogens with two attached hydrogens (primary N) is 1. The van der Waals surface area contributed by atoms with E-state index in [9.17, 15) is 0 Å². The fourth-order valence-corrected chi connectivity index (χ4v) is 12.1. The second kappa shape index (κ2) is 16.0. The van der Waals surface area contributed by atoms with Gasteiger partial charge >= 0.3 is 0 Å². The molecule has 2 atom stereocenters. The van der Waals surface area contributed by atoms with E-state index in [1.807, 2.05) is 24.3 Å². The van der Waals surface area contributed by atoms with Crippen LogP contribution in [0.25, 0.3) is 0 Å². The second-order valence-corrected chi connectivity index (χ2v) is 18.7. The van der Waals surface area contributed by atoms with Gasteiger partial charge in [0.25, 0.3) is 8.32 Å². The predicted molar refractivity (Wildman–Crippen MR) is 211 cm³/mol. The first-order chi connectivity index (χ1) is 24.7. The van der Waals surface area contributed by atoms with Crippen molar-refractivity contribution in [2.45, 2.75) is 76.7 Å². The van der Waals surface area contributed by atoms with E-state index in [0.717, 1.165) is 48.3 Å². The highest BCUT2D eigenvalue weighted by atomic mass is 28.4. The molecule has 8 nitrogen and oxygen atoms in total. The van der Waals surface area contributed by atoms with E-state index in [2.05, 4.69) is 121 Å². The quantitative estimate of drug-likeness (QED) is 0.121. The van der Waals surface area contributed by atoms with E-state index < -0.39 is 8.32 Å². The van der Waals surface area contributed by atoms with Gasteiger partial charge in [0.15, 0.2) is 11.6 Å². The maximum absolute atomic E-state index is 7.55. The SMILES string of the molecule is COc1ccc(CN(Cc2ccc(OC)cc2)c2ncnc(NC3CCCC(O[Si](c4ccccc4)(c4ccccc4)C(C)(C)C)C3)c2N)cc1. The summed E-state index contributed by atoms with van der Waals surface area (Å²) in [6.07, 6.45) is 5.66. The normalized spacial score (nSPS) is 16.3. The van der Waals surface area contributed by atoms with E-state index in [0.29, 0.717) is 30.4 Å². The van der Waals surface area contributed by atoms with E-state index >= 15 is 0 Å². The number of rotatable bonds is 13. The van der Waals surface area contributed by atoms with E-state index in [-0.39, 0.29) is 17.2 Å². The van der Waals surface area contributed by atoms with Crippen LogP contribution in [0.4, 0.5) is 17.3 Å². The molecule has 1 heterocycles. The lowest BCUT2D eigenvalue weighted by molar-refractivity contribution is 0.137. The Morgan fingerprint density at radius 1 is 0.745 bits per heavy atom. The summed E-state index contributed by atoms with van der Waals surface area (Å²) in [5, 5.41) is 6.26. The molecule has 2 unspecified atom stereocenters.